The van der Waals surface area contributed by atoms with Crippen molar-refractivity contribution in [3.63, 3.8) is 0 Å². The highest BCUT2D eigenvalue weighted by molar-refractivity contribution is 7.89. The maximum absolute atomic E-state index is 12.9. The van der Waals surface area contributed by atoms with Gasteiger partial charge in [-0.25, -0.2) is 21.9 Å². The van der Waals surface area contributed by atoms with Gasteiger partial charge in [-0.1, -0.05) is 6.92 Å². The second-order valence-corrected chi connectivity index (χ2v) is 5.55. The molecule has 19 heavy (non-hydrogen) atoms. The monoisotopic (exact) mass is 292 g/mol. The first-order valence-electron chi connectivity index (χ1n) is 5.57. The van der Waals surface area contributed by atoms with E-state index in [4.69, 9.17) is 0 Å². The van der Waals surface area contributed by atoms with Gasteiger partial charge in [0.15, 0.2) is 0 Å². The largest absolute Gasteiger partial charge is 0.355 e. The van der Waals surface area contributed by atoms with E-state index in [0.717, 1.165) is 0 Å². The summed E-state index contributed by atoms with van der Waals surface area (Å²) in [6.07, 6.45) is 0.716. The standard InChI is InChI=1S/C11H14F2N2O3S/c1-2-3-14-11(16)7-15-19(17,18)10-5-8(12)4-9(13)6-10/h4-6,15H,2-3,7H2,1H3,(H,14,16). The third-order valence-electron chi connectivity index (χ3n) is 2.14. The van der Waals surface area contributed by atoms with Crippen LogP contribution in [0.25, 0.3) is 0 Å². The third-order valence-corrected chi connectivity index (χ3v) is 3.52. The summed E-state index contributed by atoms with van der Waals surface area (Å²) in [5.41, 5.74) is 0. The molecule has 1 amide bonds. The molecule has 8 heteroatoms. The van der Waals surface area contributed by atoms with E-state index in [9.17, 15) is 22.0 Å². The molecule has 0 aliphatic carbocycles. The molecule has 1 aromatic carbocycles. The summed E-state index contributed by atoms with van der Waals surface area (Å²) >= 11 is 0. The van der Waals surface area contributed by atoms with Gasteiger partial charge >= 0.3 is 0 Å². The molecule has 0 unspecified atom stereocenters. The van der Waals surface area contributed by atoms with Crippen LogP contribution in [0.2, 0.25) is 0 Å². The van der Waals surface area contributed by atoms with Gasteiger partial charge in [-0.2, -0.15) is 0 Å². The van der Waals surface area contributed by atoms with Crippen molar-refractivity contribution >= 4 is 15.9 Å². The quantitative estimate of drug-likeness (QED) is 0.813. The first-order chi connectivity index (χ1) is 8.85. The van der Waals surface area contributed by atoms with E-state index < -0.39 is 39.0 Å². The first-order valence-corrected chi connectivity index (χ1v) is 7.06. The minimum atomic E-state index is -4.12. The molecule has 0 atom stereocenters. The van der Waals surface area contributed by atoms with Crippen molar-refractivity contribution in [2.24, 2.45) is 0 Å². The lowest BCUT2D eigenvalue weighted by molar-refractivity contribution is -0.119. The van der Waals surface area contributed by atoms with Gasteiger partial charge in [0.1, 0.15) is 11.6 Å². The smallest absolute Gasteiger partial charge is 0.241 e. The molecule has 2 N–H and O–H groups in total. The minimum absolute atomic E-state index is 0.426. The van der Waals surface area contributed by atoms with Gasteiger partial charge in [0.2, 0.25) is 15.9 Å². The number of benzene rings is 1. The molecule has 0 heterocycles. The summed E-state index contributed by atoms with van der Waals surface area (Å²) in [5.74, 6) is -2.52. The average molecular weight is 292 g/mol. The fraction of sp³-hybridized carbons (Fsp3) is 0.364. The van der Waals surface area contributed by atoms with Crippen LogP contribution in [-0.2, 0) is 14.8 Å². The highest BCUT2D eigenvalue weighted by Gasteiger charge is 2.17. The molecule has 106 valence electrons. The van der Waals surface area contributed by atoms with E-state index in [-0.39, 0.29) is 0 Å². The molecule has 5 nitrogen and oxygen atoms in total. The second kappa shape index (κ2) is 6.58. The molecule has 0 aromatic heterocycles. The summed E-state index contributed by atoms with van der Waals surface area (Å²) in [5, 5.41) is 2.47. The highest BCUT2D eigenvalue weighted by Crippen LogP contribution is 2.13. The number of carbonyl (C=O) groups excluding carboxylic acids is 1. The average Bonchev–Trinajstić information content (AvgIpc) is 2.32. The Hall–Kier alpha value is -1.54. The summed E-state index contributed by atoms with van der Waals surface area (Å²) in [6, 6.07) is 1.91. The van der Waals surface area contributed by atoms with Crippen molar-refractivity contribution in [2.45, 2.75) is 18.2 Å². The SMILES string of the molecule is CCCNC(=O)CNS(=O)(=O)c1cc(F)cc(F)c1. The zero-order valence-corrected chi connectivity index (χ0v) is 11.1. The molecule has 0 saturated heterocycles. The number of carbonyl (C=O) groups is 1. The van der Waals surface area contributed by atoms with Gasteiger partial charge in [0.25, 0.3) is 0 Å². The maximum Gasteiger partial charge on any atom is 0.241 e. The highest BCUT2D eigenvalue weighted by atomic mass is 32.2. The van der Waals surface area contributed by atoms with E-state index in [0.29, 0.717) is 31.2 Å². The topological polar surface area (TPSA) is 75.3 Å². The molecule has 1 aromatic rings. The van der Waals surface area contributed by atoms with Gasteiger partial charge in [-0.15, -0.1) is 0 Å². The summed E-state index contributed by atoms with van der Waals surface area (Å²) in [4.78, 5) is 10.7. The fourth-order valence-corrected chi connectivity index (χ4v) is 2.28. The predicted molar refractivity (Wildman–Crippen MR) is 64.8 cm³/mol. The molecule has 0 aliphatic heterocycles. The van der Waals surface area contributed by atoms with Crippen molar-refractivity contribution < 1.29 is 22.0 Å². The van der Waals surface area contributed by atoms with Crippen LogP contribution in [0.5, 0.6) is 0 Å². The zero-order valence-electron chi connectivity index (χ0n) is 10.2. The van der Waals surface area contributed by atoms with Gasteiger partial charge < -0.3 is 5.32 Å². The van der Waals surface area contributed by atoms with Crippen LogP contribution in [0.1, 0.15) is 13.3 Å². The van der Waals surface area contributed by atoms with Crippen molar-refractivity contribution in [2.75, 3.05) is 13.1 Å². The van der Waals surface area contributed by atoms with Gasteiger partial charge in [0, 0.05) is 12.6 Å². The lowest BCUT2D eigenvalue weighted by Gasteiger charge is -2.07. The van der Waals surface area contributed by atoms with Crippen LogP contribution in [0, 0.1) is 11.6 Å². The second-order valence-electron chi connectivity index (χ2n) is 3.78. The summed E-state index contributed by atoms with van der Waals surface area (Å²) in [7, 11) is -4.12. The molecule has 0 radical (unpaired) electrons. The zero-order chi connectivity index (χ0) is 14.5. The molecule has 0 aliphatic rings. The summed E-state index contributed by atoms with van der Waals surface area (Å²) < 4.78 is 51.2. The number of halogens is 2. The van der Waals surface area contributed by atoms with Gasteiger partial charge in [-0.3, -0.25) is 4.79 Å². The number of rotatable bonds is 6. The normalized spacial score (nSPS) is 11.3. The molecule has 0 spiro atoms. The van der Waals surface area contributed by atoms with Crippen LogP contribution in [0.15, 0.2) is 23.1 Å². The third kappa shape index (κ3) is 4.92. The van der Waals surface area contributed by atoms with Crippen LogP contribution < -0.4 is 10.0 Å². The Morgan fingerprint density at radius 1 is 1.21 bits per heavy atom. The lowest BCUT2D eigenvalue weighted by Crippen LogP contribution is -2.37. The van der Waals surface area contributed by atoms with E-state index in [1.165, 1.54) is 0 Å². The predicted octanol–water partition coefficient (Wildman–Crippen LogP) is 0.769. The Kier molecular flexibility index (Phi) is 5.37. The van der Waals surface area contributed by atoms with Crippen molar-refractivity contribution in [3.05, 3.63) is 29.8 Å². The number of hydrogen-bond acceptors (Lipinski definition) is 3. The molecule has 0 fully saturated rings. The molecule has 0 saturated carbocycles. The van der Waals surface area contributed by atoms with Crippen LogP contribution in [0.3, 0.4) is 0 Å². The molecular formula is C11H14F2N2O3S. The molecular weight excluding hydrogens is 278 g/mol. The lowest BCUT2D eigenvalue weighted by atomic mass is 10.3. The van der Waals surface area contributed by atoms with Gasteiger partial charge in [-0.05, 0) is 18.6 Å². The first kappa shape index (κ1) is 15.5. The van der Waals surface area contributed by atoms with Crippen molar-refractivity contribution in [1.29, 1.82) is 0 Å². The van der Waals surface area contributed by atoms with Crippen molar-refractivity contribution in [3.8, 4) is 0 Å². The number of nitrogens with one attached hydrogen (secondary N) is 2. The van der Waals surface area contributed by atoms with Crippen LogP contribution in [0.4, 0.5) is 8.78 Å². The summed E-state index contributed by atoms with van der Waals surface area (Å²) in [6.45, 7) is 1.79. The number of amides is 1. The van der Waals surface area contributed by atoms with E-state index in [1.54, 1.807) is 0 Å². The Bertz CT molecular complexity index is 541. The van der Waals surface area contributed by atoms with Crippen LogP contribution in [-0.4, -0.2) is 27.4 Å². The Labute approximate surface area is 110 Å². The van der Waals surface area contributed by atoms with Gasteiger partial charge in [0.05, 0.1) is 11.4 Å². The van der Waals surface area contributed by atoms with E-state index in [2.05, 4.69) is 5.32 Å². The number of sulfonamides is 1. The van der Waals surface area contributed by atoms with Crippen LogP contribution >= 0.6 is 0 Å². The Balaban J connectivity index is 2.73. The van der Waals surface area contributed by atoms with E-state index in [1.807, 2.05) is 11.6 Å². The fourth-order valence-electron chi connectivity index (χ4n) is 1.25. The Morgan fingerprint density at radius 2 is 1.79 bits per heavy atom. The minimum Gasteiger partial charge on any atom is -0.355 e. The molecule has 1 rings (SSSR count). The molecule has 0 bridgehead atoms. The number of hydrogen-bond donors (Lipinski definition) is 2. The van der Waals surface area contributed by atoms with E-state index >= 15 is 0 Å². The Morgan fingerprint density at radius 3 is 2.32 bits per heavy atom. The van der Waals surface area contributed by atoms with Crippen molar-refractivity contribution in [1.82, 2.24) is 10.0 Å². The maximum atomic E-state index is 12.9.